The van der Waals surface area contributed by atoms with Crippen molar-refractivity contribution in [3.63, 3.8) is 0 Å². The second-order valence-corrected chi connectivity index (χ2v) is 10.1. The summed E-state index contributed by atoms with van der Waals surface area (Å²) >= 11 is 1.71. The summed E-state index contributed by atoms with van der Waals surface area (Å²) in [5.41, 5.74) is 0.847. The second kappa shape index (κ2) is 9.67. The molecule has 150 valence electrons. The molecule has 0 heterocycles. The van der Waals surface area contributed by atoms with Gasteiger partial charge in [-0.1, -0.05) is 25.5 Å². The smallest absolute Gasteiger partial charge is 0.408 e. The molecule has 0 bridgehead atoms. The van der Waals surface area contributed by atoms with Gasteiger partial charge in [0.25, 0.3) is 0 Å². The van der Waals surface area contributed by atoms with Crippen LogP contribution >= 0.6 is 11.8 Å². The van der Waals surface area contributed by atoms with Crippen molar-refractivity contribution in [2.75, 3.05) is 12.4 Å². The molecule has 5 nitrogen and oxygen atoms in total. The Morgan fingerprint density at radius 1 is 1.31 bits per heavy atom. The Hall–Kier alpha value is -1.17. The van der Waals surface area contributed by atoms with Crippen LogP contribution in [0.2, 0.25) is 0 Å². The van der Waals surface area contributed by atoms with Crippen LogP contribution in [0.3, 0.4) is 0 Å². The first-order valence-corrected chi connectivity index (χ1v) is 10.4. The minimum absolute atomic E-state index is 0.0115. The molecule has 0 aliphatic heterocycles. The van der Waals surface area contributed by atoms with E-state index in [1.54, 1.807) is 39.5 Å². The Morgan fingerprint density at radius 2 is 1.96 bits per heavy atom. The van der Waals surface area contributed by atoms with Crippen LogP contribution in [0, 0.1) is 5.92 Å². The molecule has 26 heavy (non-hydrogen) atoms. The summed E-state index contributed by atoms with van der Waals surface area (Å²) < 4.78 is 10.4. The number of carbonyl (C=O) groups is 2. The molecular formula is C20H35NO4S. The maximum atomic E-state index is 12.3. The lowest BCUT2D eigenvalue weighted by Crippen LogP contribution is -2.46. The van der Waals surface area contributed by atoms with Gasteiger partial charge >= 0.3 is 12.1 Å². The Kier molecular flexibility index (Phi) is 8.51. The maximum Gasteiger partial charge on any atom is 0.408 e. The fraction of sp³-hybridized carbons (Fsp3) is 0.800. The third-order valence-corrected chi connectivity index (χ3v) is 6.08. The van der Waals surface area contributed by atoms with Gasteiger partial charge in [-0.15, -0.1) is 0 Å². The molecule has 0 fully saturated rings. The fourth-order valence-corrected chi connectivity index (χ4v) is 4.14. The van der Waals surface area contributed by atoms with Crippen molar-refractivity contribution < 1.29 is 19.1 Å². The van der Waals surface area contributed by atoms with Gasteiger partial charge in [0.1, 0.15) is 11.6 Å². The Bertz CT molecular complexity index is 522. The maximum absolute atomic E-state index is 12.3. The molecule has 0 radical (unpaired) electrons. The van der Waals surface area contributed by atoms with Crippen molar-refractivity contribution in [1.29, 1.82) is 0 Å². The van der Waals surface area contributed by atoms with E-state index in [9.17, 15) is 9.59 Å². The topological polar surface area (TPSA) is 64.6 Å². The minimum atomic E-state index is -0.713. The zero-order valence-corrected chi connectivity index (χ0v) is 18.1. The van der Waals surface area contributed by atoms with E-state index in [4.69, 9.17) is 9.47 Å². The number of esters is 1. The van der Waals surface area contributed by atoms with Crippen LogP contribution in [0.4, 0.5) is 4.79 Å². The molecule has 1 unspecified atom stereocenters. The normalized spacial score (nSPS) is 19.3. The van der Waals surface area contributed by atoms with Gasteiger partial charge in [-0.3, -0.25) is 0 Å². The third-order valence-electron chi connectivity index (χ3n) is 4.51. The van der Waals surface area contributed by atoms with Crippen LogP contribution in [-0.2, 0) is 14.3 Å². The quantitative estimate of drug-likeness (QED) is 0.508. The average molecular weight is 386 g/mol. The number of amides is 1. The summed E-state index contributed by atoms with van der Waals surface area (Å²) in [5.74, 6) is 0.603. The number of allylic oxidation sites excluding steroid dienone is 2. The van der Waals surface area contributed by atoms with Gasteiger partial charge in [0.05, 0.1) is 6.61 Å². The number of nitrogens with one attached hydrogen (secondary N) is 1. The monoisotopic (exact) mass is 385 g/mol. The molecule has 1 aliphatic carbocycles. The highest BCUT2D eigenvalue weighted by molar-refractivity contribution is 8.00. The van der Waals surface area contributed by atoms with Gasteiger partial charge in [-0.2, -0.15) is 11.8 Å². The van der Waals surface area contributed by atoms with Crippen LogP contribution in [0.1, 0.15) is 67.7 Å². The number of carbonyl (C=O) groups excluding carboxylic acids is 2. The zero-order valence-electron chi connectivity index (χ0n) is 17.3. The van der Waals surface area contributed by atoms with E-state index >= 15 is 0 Å². The molecule has 0 aromatic rings. The zero-order chi connectivity index (χ0) is 20.0. The van der Waals surface area contributed by atoms with Gasteiger partial charge in [0.2, 0.25) is 0 Å². The SMILES string of the molecule is CCOC(=O)[C@H](CSC(C)(C)C1CC=C(C)CC1)NC(=O)OC(C)(C)C. The number of alkyl carbamates (subject to hydrolysis) is 1. The van der Waals surface area contributed by atoms with Crippen molar-refractivity contribution in [1.82, 2.24) is 5.32 Å². The van der Waals surface area contributed by atoms with E-state index in [-0.39, 0.29) is 11.4 Å². The largest absolute Gasteiger partial charge is 0.464 e. The molecule has 1 N–H and O–H groups in total. The molecule has 6 heteroatoms. The van der Waals surface area contributed by atoms with E-state index in [1.807, 2.05) is 0 Å². The van der Waals surface area contributed by atoms with Gasteiger partial charge in [-0.25, -0.2) is 9.59 Å². The van der Waals surface area contributed by atoms with Crippen molar-refractivity contribution in [2.24, 2.45) is 5.92 Å². The minimum Gasteiger partial charge on any atom is -0.464 e. The van der Waals surface area contributed by atoms with Crippen molar-refractivity contribution in [3.8, 4) is 0 Å². The second-order valence-electron chi connectivity index (χ2n) is 8.39. The van der Waals surface area contributed by atoms with Crippen LogP contribution < -0.4 is 5.32 Å². The van der Waals surface area contributed by atoms with Crippen molar-refractivity contribution in [2.45, 2.75) is 84.1 Å². The molecule has 0 aromatic heterocycles. The summed E-state index contributed by atoms with van der Waals surface area (Å²) in [4.78, 5) is 24.3. The van der Waals surface area contributed by atoms with E-state index in [1.165, 1.54) is 5.57 Å². The Morgan fingerprint density at radius 3 is 2.46 bits per heavy atom. The summed E-state index contributed by atoms with van der Waals surface area (Å²) in [6.45, 7) is 14.0. The molecule has 2 atom stereocenters. The molecule has 0 aromatic carbocycles. The highest BCUT2D eigenvalue weighted by Gasteiger charge is 2.33. The van der Waals surface area contributed by atoms with Gasteiger partial charge in [0.15, 0.2) is 0 Å². The van der Waals surface area contributed by atoms with Gasteiger partial charge in [-0.05, 0) is 59.8 Å². The van der Waals surface area contributed by atoms with Crippen molar-refractivity contribution >= 4 is 23.8 Å². The summed E-state index contributed by atoms with van der Waals surface area (Å²) in [7, 11) is 0. The molecular weight excluding hydrogens is 350 g/mol. The van der Waals surface area contributed by atoms with E-state index in [0.717, 1.165) is 19.3 Å². The van der Waals surface area contributed by atoms with Gasteiger partial charge in [0, 0.05) is 10.5 Å². The van der Waals surface area contributed by atoms with E-state index in [2.05, 4.69) is 32.2 Å². The molecule has 0 saturated heterocycles. The highest BCUT2D eigenvalue weighted by atomic mass is 32.2. The predicted octanol–water partition coefficient (Wildman–Crippen LogP) is 4.70. The molecule has 1 amide bonds. The van der Waals surface area contributed by atoms with E-state index in [0.29, 0.717) is 11.7 Å². The first-order chi connectivity index (χ1) is 11.9. The molecule has 0 saturated carbocycles. The number of hydrogen-bond acceptors (Lipinski definition) is 5. The first-order valence-electron chi connectivity index (χ1n) is 9.40. The molecule has 1 rings (SSSR count). The summed E-state index contributed by atoms with van der Waals surface area (Å²) in [5, 5.41) is 2.67. The Labute approximate surface area is 162 Å². The first kappa shape index (κ1) is 22.9. The molecule has 0 spiro atoms. The number of ether oxygens (including phenoxy) is 2. The lowest BCUT2D eigenvalue weighted by molar-refractivity contribution is -0.145. The predicted molar refractivity (Wildman–Crippen MR) is 107 cm³/mol. The highest BCUT2D eigenvalue weighted by Crippen LogP contribution is 2.40. The average Bonchev–Trinajstić information content (AvgIpc) is 2.50. The Balaban J connectivity index is 2.70. The molecule has 1 aliphatic rings. The summed E-state index contributed by atoms with van der Waals surface area (Å²) in [6, 6.07) is -0.713. The van der Waals surface area contributed by atoms with Crippen molar-refractivity contribution in [3.05, 3.63) is 11.6 Å². The lowest BCUT2D eigenvalue weighted by atomic mass is 9.82. The van der Waals surface area contributed by atoms with Gasteiger partial charge < -0.3 is 14.8 Å². The third kappa shape index (κ3) is 8.02. The number of thioether (sulfide) groups is 1. The summed E-state index contributed by atoms with van der Waals surface area (Å²) in [6.07, 6.45) is 5.08. The van der Waals surface area contributed by atoms with Crippen LogP contribution in [0.25, 0.3) is 0 Å². The number of hydrogen-bond donors (Lipinski definition) is 1. The number of rotatable bonds is 7. The lowest BCUT2D eigenvalue weighted by Gasteiger charge is -2.36. The van der Waals surface area contributed by atoms with Crippen LogP contribution in [0.15, 0.2) is 11.6 Å². The van der Waals surface area contributed by atoms with E-state index < -0.39 is 23.7 Å². The van der Waals surface area contributed by atoms with Crippen LogP contribution in [0.5, 0.6) is 0 Å². The standard InChI is InChI=1S/C20H35NO4S/c1-8-24-17(22)16(21-18(23)25-19(3,4)5)13-26-20(6,7)15-11-9-14(2)10-12-15/h9,15-16H,8,10-13H2,1-7H3,(H,21,23)/t15?,16-/m0/s1. The van der Waals surface area contributed by atoms with Crippen LogP contribution in [-0.4, -0.2) is 40.8 Å². The fourth-order valence-electron chi connectivity index (χ4n) is 2.87.